The fourth-order valence-electron chi connectivity index (χ4n) is 3.02. The molecule has 0 aliphatic rings. The maximum atomic E-state index is 13.1. The highest BCUT2D eigenvalue weighted by Crippen LogP contribution is 2.20. The molecule has 3 rings (SSSR count). The summed E-state index contributed by atoms with van der Waals surface area (Å²) in [6.45, 7) is 1.91. The highest BCUT2D eigenvalue weighted by molar-refractivity contribution is 5.77. The third-order valence-corrected chi connectivity index (χ3v) is 4.79. The van der Waals surface area contributed by atoms with E-state index >= 15 is 0 Å². The number of amides is 1. The molecule has 27 heavy (non-hydrogen) atoms. The lowest BCUT2D eigenvalue weighted by Gasteiger charge is -2.25. The van der Waals surface area contributed by atoms with Crippen LogP contribution in [0.3, 0.4) is 0 Å². The molecule has 0 radical (unpaired) electrons. The van der Waals surface area contributed by atoms with Crippen LogP contribution in [-0.4, -0.2) is 27.8 Å². The lowest BCUT2D eigenvalue weighted by Crippen LogP contribution is -2.29. The molecule has 1 amide bonds. The van der Waals surface area contributed by atoms with Crippen molar-refractivity contribution >= 4 is 16.8 Å². The lowest BCUT2D eigenvalue weighted by atomic mass is 10.1. The van der Waals surface area contributed by atoms with E-state index in [1.807, 2.05) is 13.0 Å². The standard InChI is InChI=1S/C21H22FN3O2/c1-14(15-10-12-16(22)13-11-15)25(2)20(26)9-5-8-19-23-18-7-4-3-6-17(18)21(27)24-19/h3-4,6-7,10-14H,5,8-9H2,1-2H3,(H,23,24,27)/t14-/m0/s1. The van der Waals surface area contributed by atoms with Crippen molar-refractivity contribution in [1.82, 2.24) is 14.9 Å². The van der Waals surface area contributed by atoms with E-state index < -0.39 is 0 Å². The second-order valence-electron chi connectivity index (χ2n) is 6.62. The number of halogens is 1. The number of benzene rings is 2. The van der Waals surface area contributed by atoms with Crippen LogP contribution in [0.15, 0.2) is 53.3 Å². The molecule has 140 valence electrons. The van der Waals surface area contributed by atoms with Crippen molar-refractivity contribution in [3.8, 4) is 0 Å². The number of fused-ring (bicyclic) bond motifs is 1. The third-order valence-electron chi connectivity index (χ3n) is 4.79. The Morgan fingerprint density at radius 1 is 1.19 bits per heavy atom. The number of aromatic nitrogens is 2. The molecular weight excluding hydrogens is 345 g/mol. The van der Waals surface area contributed by atoms with Crippen LogP contribution >= 0.6 is 0 Å². The first-order chi connectivity index (χ1) is 13.0. The zero-order valence-electron chi connectivity index (χ0n) is 15.4. The number of hydrogen-bond donors (Lipinski definition) is 1. The SMILES string of the molecule is C[C@@H](c1ccc(F)cc1)N(C)C(=O)CCCc1nc2ccccc2c(=O)[nH]1. The van der Waals surface area contributed by atoms with Gasteiger partial charge in [0.1, 0.15) is 11.6 Å². The van der Waals surface area contributed by atoms with E-state index in [1.54, 1.807) is 42.3 Å². The van der Waals surface area contributed by atoms with Gasteiger partial charge in [0.25, 0.3) is 5.56 Å². The largest absolute Gasteiger partial charge is 0.339 e. The summed E-state index contributed by atoms with van der Waals surface area (Å²) in [4.78, 5) is 33.4. The predicted octanol–water partition coefficient (Wildman–Crippen LogP) is 3.60. The van der Waals surface area contributed by atoms with Crippen molar-refractivity contribution in [2.75, 3.05) is 7.05 Å². The molecule has 1 aromatic heterocycles. The topological polar surface area (TPSA) is 66.1 Å². The maximum Gasteiger partial charge on any atom is 0.258 e. The number of H-pyrrole nitrogens is 1. The van der Waals surface area contributed by atoms with Crippen LogP contribution in [0.1, 0.15) is 37.2 Å². The van der Waals surface area contributed by atoms with Gasteiger partial charge < -0.3 is 9.88 Å². The van der Waals surface area contributed by atoms with Gasteiger partial charge in [-0.3, -0.25) is 9.59 Å². The lowest BCUT2D eigenvalue weighted by molar-refractivity contribution is -0.131. The van der Waals surface area contributed by atoms with E-state index in [9.17, 15) is 14.0 Å². The first-order valence-corrected chi connectivity index (χ1v) is 8.95. The highest BCUT2D eigenvalue weighted by Gasteiger charge is 2.17. The summed E-state index contributed by atoms with van der Waals surface area (Å²) in [7, 11) is 1.74. The summed E-state index contributed by atoms with van der Waals surface area (Å²) in [6, 6.07) is 13.2. The summed E-state index contributed by atoms with van der Waals surface area (Å²) in [5.41, 5.74) is 1.38. The minimum Gasteiger partial charge on any atom is -0.339 e. The Bertz CT molecular complexity index is 998. The molecule has 1 heterocycles. The Kier molecular flexibility index (Phi) is 5.64. The number of nitrogens with one attached hydrogen (secondary N) is 1. The van der Waals surface area contributed by atoms with E-state index in [4.69, 9.17) is 0 Å². The van der Waals surface area contributed by atoms with Crippen molar-refractivity contribution in [2.45, 2.75) is 32.2 Å². The molecule has 5 nitrogen and oxygen atoms in total. The molecule has 1 N–H and O–H groups in total. The molecule has 0 aliphatic carbocycles. The van der Waals surface area contributed by atoms with Gasteiger partial charge in [-0.2, -0.15) is 0 Å². The Morgan fingerprint density at radius 2 is 1.89 bits per heavy atom. The van der Waals surface area contributed by atoms with Gasteiger partial charge in [0.05, 0.1) is 16.9 Å². The minimum atomic E-state index is -0.295. The smallest absolute Gasteiger partial charge is 0.258 e. The predicted molar refractivity (Wildman–Crippen MR) is 103 cm³/mol. The molecule has 3 aromatic rings. The Hall–Kier alpha value is -3.02. The summed E-state index contributed by atoms with van der Waals surface area (Å²) in [6.07, 6.45) is 1.45. The van der Waals surface area contributed by atoms with E-state index in [2.05, 4.69) is 9.97 Å². The number of aromatic amines is 1. The van der Waals surface area contributed by atoms with Crippen LogP contribution < -0.4 is 5.56 Å². The molecule has 1 atom stereocenters. The van der Waals surface area contributed by atoms with Gasteiger partial charge >= 0.3 is 0 Å². The van der Waals surface area contributed by atoms with Gasteiger partial charge in [0.15, 0.2) is 0 Å². The molecule has 0 saturated heterocycles. The molecular formula is C21H22FN3O2. The van der Waals surface area contributed by atoms with Gasteiger partial charge in [-0.1, -0.05) is 24.3 Å². The molecule has 2 aromatic carbocycles. The number of aryl methyl sites for hydroxylation is 1. The minimum absolute atomic E-state index is 0.00467. The van der Waals surface area contributed by atoms with E-state index in [-0.39, 0.29) is 23.3 Å². The van der Waals surface area contributed by atoms with E-state index in [0.29, 0.717) is 36.0 Å². The van der Waals surface area contributed by atoms with Crippen LogP contribution in [0.4, 0.5) is 4.39 Å². The molecule has 0 saturated carbocycles. The Labute approximate surface area is 156 Å². The van der Waals surface area contributed by atoms with E-state index in [0.717, 1.165) is 5.56 Å². The van der Waals surface area contributed by atoms with Gasteiger partial charge in [-0.05, 0) is 43.2 Å². The van der Waals surface area contributed by atoms with Crippen molar-refractivity contribution < 1.29 is 9.18 Å². The number of carbonyl (C=O) groups is 1. The van der Waals surface area contributed by atoms with E-state index in [1.165, 1.54) is 12.1 Å². The van der Waals surface area contributed by atoms with Crippen molar-refractivity contribution in [1.29, 1.82) is 0 Å². The van der Waals surface area contributed by atoms with Gasteiger partial charge in [-0.25, -0.2) is 9.37 Å². The quantitative estimate of drug-likeness (QED) is 0.724. The highest BCUT2D eigenvalue weighted by atomic mass is 19.1. The number of para-hydroxylation sites is 1. The Morgan fingerprint density at radius 3 is 2.63 bits per heavy atom. The summed E-state index contributed by atoms with van der Waals surface area (Å²) >= 11 is 0. The average molecular weight is 367 g/mol. The Balaban J connectivity index is 1.59. The van der Waals surface area contributed by atoms with Gasteiger partial charge in [0, 0.05) is 19.9 Å². The van der Waals surface area contributed by atoms with Crippen molar-refractivity contribution in [3.63, 3.8) is 0 Å². The first kappa shape index (κ1) is 18.8. The monoisotopic (exact) mass is 367 g/mol. The number of nitrogens with zero attached hydrogens (tertiary/aromatic N) is 2. The number of hydrogen-bond acceptors (Lipinski definition) is 3. The normalized spacial score (nSPS) is 12.1. The van der Waals surface area contributed by atoms with Crippen LogP contribution in [0.25, 0.3) is 10.9 Å². The summed E-state index contributed by atoms with van der Waals surface area (Å²) < 4.78 is 13.1. The van der Waals surface area contributed by atoms with Gasteiger partial charge in [-0.15, -0.1) is 0 Å². The fraction of sp³-hybridized carbons (Fsp3) is 0.286. The molecule has 0 aliphatic heterocycles. The van der Waals surface area contributed by atoms with Crippen molar-refractivity contribution in [2.24, 2.45) is 0 Å². The molecule has 0 bridgehead atoms. The summed E-state index contributed by atoms with van der Waals surface area (Å²) in [5.74, 6) is 0.285. The second-order valence-corrected chi connectivity index (χ2v) is 6.62. The maximum absolute atomic E-state index is 13.1. The average Bonchev–Trinajstić information content (AvgIpc) is 2.67. The second kappa shape index (κ2) is 8.12. The fourth-order valence-corrected chi connectivity index (χ4v) is 3.02. The molecule has 6 heteroatoms. The third kappa shape index (κ3) is 4.39. The van der Waals surface area contributed by atoms with Crippen LogP contribution in [0.2, 0.25) is 0 Å². The van der Waals surface area contributed by atoms with Crippen molar-refractivity contribution in [3.05, 3.63) is 76.1 Å². The first-order valence-electron chi connectivity index (χ1n) is 8.95. The molecule has 0 unspecified atom stereocenters. The van der Waals surface area contributed by atoms with Crippen LogP contribution in [0, 0.1) is 5.82 Å². The molecule has 0 fully saturated rings. The number of rotatable bonds is 6. The number of carbonyl (C=O) groups excluding carboxylic acids is 1. The van der Waals surface area contributed by atoms with Crippen LogP contribution in [0.5, 0.6) is 0 Å². The zero-order chi connectivity index (χ0) is 19.4. The summed E-state index contributed by atoms with van der Waals surface area (Å²) in [5, 5.41) is 0.560. The van der Waals surface area contributed by atoms with Crippen LogP contribution in [-0.2, 0) is 11.2 Å². The van der Waals surface area contributed by atoms with Gasteiger partial charge in [0.2, 0.25) is 5.91 Å². The molecule has 0 spiro atoms. The zero-order valence-corrected chi connectivity index (χ0v) is 15.4.